The molecule has 1 aromatic rings. The lowest BCUT2D eigenvalue weighted by Gasteiger charge is -2.24. The van der Waals surface area contributed by atoms with Crippen molar-refractivity contribution in [2.24, 2.45) is 5.92 Å². The summed E-state index contributed by atoms with van der Waals surface area (Å²) in [6.45, 7) is 2.42. The second kappa shape index (κ2) is 5.46. The fourth-order valence-corrected chi connectivity index (χ4v) is 3.05. The third-order valence-electron chi connectivity index (χ3n) is 4.02. The minimum Gasteiger partial charge on any atom is -0.447 e. The van der Waals surface area contributed by atoms with Crippen LogP contribution in [0, 0.1) is 5.92 Å². The standard InChI is InChI=1S/C15H18N2O4/c1-10-12(14(18)17-8-9-20-15(17)19)13(16(2)21-10)11-6-4-3-5-7-11/h3-7,10,12-13H,8-9H2,1-2H3/t10-,12-,13+/m1/s1. The lowest BCUT2D eigenvalue weighted by Crippen LogP contribution is -2.41. The van der Waals surface area contributed by atoms with Crippen LogP contribution in [0.25, 0.3) is 0 Å². The summed E-state index contributed by atoms with van der Waals surface area (Å²) in [5.74, 6) is -0.661. The smallest absolute Gasteiger partial charge is 0.416 e. The molecule has 3 rings (SSSR count). The summed E-state index contributed by atoms with van der Waals surface area (Å²) < 4.78 is 4.86. The van der Waals surface area contributed by atoms with Crippen molar-refractivity contribution >= 4 is 12.0 Å². The predicted octanol–water partition coefficient (Wildman–Crippen LogP) is 1.59. The highest BCUT2D eigenvalue weighted by molar-refractivity contribution is 5.95. The zero-order valence-corrected chi connectivity index (χ0v) is 12.1. The van der Waals surface area contributed by atoms with Crippen LogP contribution in [-0.2, 0) is 14.4 Å². The Bertz CT molecular complexity index is 548. The predicted molar refractivity (Wildman–Crippen MR) is 74.0 cm³/mol. The number of carbonyl (C=O) groups excluding carboxylic acids is 2. The zero-order valence-electron chi connectivity index (χ0n) is 12.1. The number of hydrogen-bond acceptors (Lipinski definition) is 5. The topological polar surface area (TPSA) is 59.1 Å². The van der Waals surface area contributed by atoms with Gasteiger partial charge < -0.3 is 4.74 Å². The summed E-state index contributed by atoms with van der Waals surface area (Å²) in [5.41, 5.74) is 0.996. The molecule has 2 amide bonds. The first-order valence-corrected chi connectivity index (χ1v) is 7.02. The number of amides is 2. The third kappa shape index (κ3) is 2.41. The summed E-state index contributed by atoms with van der Waals surface area (Å²) in [6.07, 6.45) is -0.852. The van der Waals surface area contributed by atoms with E-state index in [0.717, 1.165) is 5.56 Å². The number of carbonyl (C=O) groups is 2. The lowest BCUT2D eigenvalue weighted by atomic mass is 9.89. The van der Waals surface area contributed by atoms with E-state index in [-0.39, 0.29) is 24.7 Å². The van der Waals surface area contributed by atoms with E-state index in [0.29, 0.717) is 6.54 Å². The van der Waals surface area contributed by atoms with Gasteiger partial charge in [0.25, 0.3) is 0 Å². The highest BCUT2D eigenvalue weighted by atomic mass is 16.7. The van der Waals surface area contributed by atoms with Crippen LogP contribution in [-0.4, -0.2) is 48.3 Å². The van der Waals surface area contributed by atoms with Crippen LogP contribution in [0.4, 0.5) is 4.79 Å². The molecule has 2 aliphatic heterocycles. The summed E-state index contributed by atoms with van der Waals surface area (Å²) in [4.78, 5) is 31.2. The van der Waals surface area contributed by atoms with Gasteiger partial charge in [-0.3, -0.25) is 9.63 Å². The molecule has 2 fully saturated rings. The average molecular weight is 290 g/mol. The van der Waals surface area contributed by atoms with Gasteiger partial charge >= 0.3 is 6.09 Å². The molecular formula is C15H18N2O4. The SMILES string of the molecule is C[C@H]1ON(C)[C@@H](c2ccccc2)[C@@H]1C(=O)N1CCOC1=O. The van der Waals surface area contributed by atoms with E-state index in [1.807, 2.05) is 44.3 Å². The van der Waals surface area contributed by atoms with Crippen LogP contribution < -0.4 is 0 Å². The van der Waals surface area contributed by atoms with Gasteiger partial charge in [-0.15, -0.1) is 0 Å². The molecule has 2 saturated heterocycles. The molecule has 0 N–H and O–H groups in total. The van der Waals surface area contributed by atoms with Crippen LogP contribution in [0.5, 0.6) is 0 Å². The molecule has 0 saturated carbocycles. The Labute approximate surface area is 123 Å². The van der Waals surface area contributed by atoms with Crippen LogP contribution in [0.3, 0.4) is 0 Å². The van der Waals surface area contributed by atoms with Crippen molar-refractivity contribution in [3.05, 3.63) is 35.9 Å². The molecule has 0 aromatic heterocycles. The number of hydrogen-bond donors (Lipinski definition) is 0. The Morgan fingerprint density at radius 2 is 2.00 bits per heavy atom. The first-order valence-electron chi connectivity index (χ1n) is 7.02. The molecule has 0 spiro atoms. The first kappa shape index (κ1) is 14.0. The Morgan fingerprint density at radius 1 is 1.29 bits per heavy atom. The molecule has 2 heterocycles. The Balaban J connectivity index is 1.90. The van der Waals surface area contributed by atoms with E-state index < -0.39 is 12.0 Å². The number of benzene rings is 1. The van der Waals surface area contributed by atoms with Crippen molar-refractivity contribution in [3.63, 3.8) is 0 Å². The highest BCUT2D eigenvalue weighted by Gasteiger charge is 2.48. The van der Waals surface area contributed by atoms with Crippen LogP contribution in [0.2, 0.25) is 0 Å². The van der Waals surface area contributed by atoms with Gasteiger partial charge in [0.15, 0.2) is 0 Å². The molecule has 112 valence electrons. The molecule has 3 atom stereocenters. The molecule has 6 heteroatoms. The highest BCUT2D eigenvalue weighted by Crippen LogP contribution is 2.39. The van der Waals surface area contributed by atoms with Gasteiger partial charge in [-0.2, -0.15) is 5.06 Å². The molecule has 0 radical (unpaired) electrons. The maximum absolute atomic E-state index is 12.7. The lowest BCUT2D eigenvalue weighted by molar-refractivity contribution is -0.141. The molecule has 6 nitrogen and oxygen atoms in total. The largest absolute Gasteiger partial charge is 0.447 e. The number of hydroxylamine groups is 2. The third-order valence-corrected chi connectivity index (χ3v) is 4.02. The van der Waals surface area contributed by atoms with E-state index in [4.69, 9.17) is 9.57 Å². The number of cyclic esters (lactones) is 1. The van der Waals surface area contributed by atoms with Crippen molar-refractivity contribution < 1.29 is 19.2 Å². The van der Waals surface area contributed by atoms with Crippen molar-refractivity contribution in [1.29, 1.82) is 0 Å². The van der Waals surface area contributed by atoms with Gasteiger partial charge in [0.2, 0.25) is 5.91 Å². The molecule has 1 aromatic carbocycles. The molecular weight excluding hydrogens is 272 g/mol. The minimum absolute atomic E-state index is 0.206. The van der Waals surface area contributed by atoms with Gasteiger partial charge in [0, 0.05) is 7.05 Å². The normalized spacial score (nSPS) is 29.7. The van der Waals surface area contributed by atoms with Crippen LogP contribution >= 0.6 is 0 Å². The van der Waals surface area contributed by atoms with E-state index in [1.165, 1.54) is 4.90 Å². The molecule has 2 aliphatic rings. The number of nitrogens with zero attached hydrogens (tertiary/aromatic N) is 2. The van der Waals surface area contributed by atoms with Gasteiger partial charge in [-0.1, -0.05) is 30.3 Å². The minimum atomic E-state index is -0.562. The summed E-state index contributed by atoms with van der Waals surface area (Å²) >= 11 is 0. The molecule has 21 heavy (non-hydrogen) atoms. The van der Waals surface area contributed by atoms with Crippen molar-refractivity contribution in [2.75, 3.05) is 20.2 Å². The summed E-state index contributed by atoms with van der Waals surface area (Å²) in [7, 11) is 1.81. The fraction of sp³-hybridized carbons (Fsp3) is 0.467. The second-order valence-corrected chi connectivity index (χ2v) is 5.34. The van der Waals surface area contributed by atoms with Crippen molar-refractivity contribution in [1.82, 2.24) is 9.96 Å². The van der Waals surface area contributed by atoms with Gasteiger partial charge in [-0.05, 0) is 12.5 Å². The fourth-order valence-electron chi connectivity index (χ4n) is 3.05. The van der Waals surface area contributed by atoms with Gasteiger partial charge in [0.1, 0.15) is 6.61 Å². The first-order chi connectivity index (χ1) is 10.1. The number of ether oxygens (including phenoxy) is 1. The molecule has 0 aliphatic carbocycles. The Morgan fingerprint density at radius 3 is 2.62 bits per heavy atom. The van der Waals surface area contributed by atoms with E-state index >= 15 is 0 Å². The van der Waals surface area contributed by atoms with Crippen LogP contribution in [0.15, 0.2) is 30.3 Å². The van der Waals surface area contributed by atoms with Crippen molar-refractivity contribution in [2.45, 2.75) is 19.1 Å². The van der Waals surface area contributed by atoms with Gasteiger partial charge in [0.05, 0.1) is 24.6 Å². The Kier molecular flexibility index (Phi) is 3.65. The van der Waals surface area contributed by atoms with E-state index in [1.54, 1.807) is 5.06 Å². The maximum Gasteiger partial charge on any atom is 0.416 e. The zero-order chi connectivity index (χ0) is 15.0. The molecule has 0 bridgehead atoms. The quantitative estimate of drug-likeness (QED) is 0.828. The average Bonchev–Trinajstić information content (AvgIpc) is 3.02. The van der Waals surface area contributed by atoms with Crippen molar-refractivity contribution in [3.8, 4) is 0 Å². The van der Waals surface area contributed by atoms with E-state index in [9.17, 15) is 9.59 Å². The maximum atomic E-state index is 12.7. The van der Waals surface area contributed by atoms with E-state index in [2.05, 4.69) is 0 Å². The van der Waals surface area contributed by atoms with Crippen LogP contribution in [0.1, 0.15) is 18.5 Å². The molecule has 0 unspecified atom stereocenters. The summed E-state index contributed by atoms with van der Waals surface area (Å²) in [5, 5.41) is 1.70. The number of rotatable bonds is 2. The Hall–Kier alpha value is -1.92. The monoisotopic (exact) mass is 290 g/mol. The second-order valence-electron chi connectivity index (χ2n) is 5.34. The van der Waals surface area contributed by atoms with Gasteiger partial charge in [-0.25, -0.2) is 9.69 Å². The number of imide groups is 1. The summed E-state index contributed by atoms with van der Waals surface area (Å²) in [6, 6.07) is 9.51.